The minimum atomic E-state index is -0.416. The molecule has 1 aliphatic rings. The van der Waals surface area contributed by atoms with E-state index < -0.39 is 4.92 Å². The van der Waals surface area contributed by atoms with Crippen LogP contribution < -0.4 is 10.6 Å². The van der Waals surface area contributed by atoms with Crippen LogP contribution in [0.25, 0.3) is 0 Å². The molecule has 0 spiro atoms. The van der Waals surface area contributed by atoms with Gasteiger partial charge in [0.2, 0.25) is 23.6 Å². The quantitative estimate of drug-likeness (QED) is 0.0869. The molecule has 1 fully saturated rings. The number of aryl methyl sites for hydroxylation is 1. The maximum Gasteiger partial charge on any atom is 0.272 e. The number of nitrogens with zero attached hydrogens (tertiary/aromatic N) is 2. The van der Waals surface area contributed by atoms with Crippen molar-refractivity contribution >= 4 is 41.1 Å². The van der Waals surface area contributed by atoms with Crippen LogP contribution in [0.15, 0.2) is 18.2 Å². The number of carbonyl (C=O) groups excluding carboxylic acids is 4. The van der Waals surface area contributed by atoms with Crippen LogP contribution in [-0.2, 0) is 25.7 Å². The second-order valence-corrected chi connectivity index (χ2v) is 11.7. The number of nitro groups is 1. The molecule has 0 radical (unpaired) electrons. The molecule has 10 nitrogen and oxygen atoms in total. The fraction of sp³-hybridized carbons (Fsp3) is 0.667. The van der Waals surface area contributed by atoms with Gasteiger partial charge >= 0.3 is 0 Å². The largest absolute Gasteiger partial charge is 0.356 e. The van der Waals surface area contributed by atoms with Crippen LogP contribution >= 0.6 is 11.8 Å². The number of thioether (sulfide) groups is 1. The Bertz CT molecular complexity index is 1030. The SMILES string of the molecule is CSC1CC(=O)N(CCCCCCCCCCC(=O)NCCCCCC(=O)NCc2ccc([N+](=O)[O-])c(C)c2)C1=O. The summed E-state index contributed by atoms with van der Waals surface area (Å²) < 4.78 is 0. The lowest BCUT2D eigenvalue weighted by atomic mass is 10.1. The van der Waals surface area contributed by atoms with E-state index in [4.69, 9.17) is 0 Å². The number of hydrogen-bond donors (Lipinski definition) is 2. The molecular formula is C30H46N4O6S. The van der Waals surface area contributed by atoms with E-state index in [0.29, 0.717) is 44.5 Å². The second kappa shape index (κ2) is 19.2. The van der Waals surface area contributed by atoms with Crippen LogP contribution in [0, 0.1) is 17.0 Å². The molecule has 1 aliphatic heterocycles. The number of unbranched alkanes of at least 4 members (excludes halogenated alkanes) is 9. The van der Waals surface area contributed by atoms with E-state index in [1.807, 2.05) is 6.26 Å². The fourth-order valence-electron chi connectivity index (χ4n) is 4.91. The first-order valence-electron chi connectivity index (χ1n) is 14.9. The van der Waals surface area contributed by atoms with Crippen molar-refractivity contribution in [3.8, 4) is 0 Å². The monoisotopic (exact) mass is 590 g/mol. The summed E-state index contributed by atoms with van der Waals surface area (Å²) in [6, 6.07) is 4.84. The number of imide groups is 1. The van der Waals surface area contributed by atoms with Gasteiger partial charge in [-0.25, -0.2) is 0 Å². The van der Waals surface area contributed by atoms with Crippen LogP contribution in [0.5, 0.6) is 0 Å². The maximum absolute atomic E-state index is 12.1. The molecule has 1 aromatic carbocycles. The molecule has 11 heteroatoms. The van der Waals surface area contributed by atoms with Gasteiger partial charge in [0.25, 0.3) is 5.69 Å². The van der Waals surface area contributed by atoms with Crippen molar-refractivity contribution in [1.82, 2.24) is 15.5 Å². The first-order valence-corrected chi connectivity index (χ1v) is 16.2. The highest BCUT2D eigenvalue weighted by atomic mass is 32.2. The number of nitro benzene ring substituents is 1. The van der Waals surface area contributed by atoms with E-state index in [2.05, 4.69) is 10.6 Å². The molecule has 1 atom stereocenters. The highest BCUT2D eigenvalue weighted by molar-refractivity contribution is 8.00. The minimum Gasteiger partial charge on any atom is -0.356 e. The van der Waals surface area contributed by atoms with Gasteiger partial charge in [-0.2, -0.15) is 11.8 Å². The zero-order valence-corrected chi connectivity index (χ0v) is 25.4. The lowest BCUT2D eigenvalue weighted by molar-refractivity contribution is -0.385. The van der Waals surface area contributed by atoms with Crippen molar-refractivity contribution < 1.29 is 24.1 Å². The molecule has 1 unspecified atom stereocenters. The predicted octanol–water partition coefficient (Wildman–Crippen LogP) is 5.20. The average Bonchev–Trinajstić information content (AvgIpc) is 3.22. The molecule has 228 valence electrons. The van der Waals surface area contributed by atoms with E-state index in [-0.39, 0.29) is 34.6 Å². The summed E-state index contributed by atoms with van der Waals surface area (Å²) >= 11 is 1.45. The van der Waals surface area contributed by atoms with Gasteiger partial charge in [-0.1, -0.05) is 51.0 Å². The minimum absolute atomic E-state index is 0.0267. The van der Waals surface area contributed by atoms with E-state index >= 15 is 0 Å². The van der Waals surface area contributed by atoms with Gasteiger partial charge in [0.1, 0.15) is 0 Å². The number of hydrogen-bond acceptors (Lipinski definition) is 7. The van der Waals surface area contributed by atoms with Gasteiger partial charge in [-0.05, 0) is 50.5 Å². The summed E-state index contributed by atoms with van der Waals surface area (Å²) in [6.07, 6.45) is 13.9. The summed E-state index contributed by atoms with van der Waals surface area (Å²) in [5.41, 5.74) is 1.48. The lowest BCUT2D eigenvalue weighted by Crippen LogP contribution is -2.32. The Morgan fingerprint density at radius 3 is 2.10 bits per heavy atom. The first-order chi connectivity index (χ1) is 19.7. The summed E-state index contributed by atoms with van der Waals surface area (Å²) in [6.45, 7) is 3.19. The van der Waals surface area contributed by atoms with Crippen molar-refractivity contribution in [2.24, 2.45) is 0 Å². The van der Waals surface area contributed by atoms with Crippen molar-refractivity contribution in [2.45, 2.75) is 109 Å². The zero-order chi connectivity index (χ0) is 30.0. The number of amides is 4. The Labute approximate surface area is 247 Å². The Balaban J connectivity index is 1.36. The maximum atomic E-state index is 12.1. The average molecular weight is 591 g/mol. The van der Waals surface area contributed by atoms with Gasteiger partial charge in [0, 0.05) is 50.5 Å². The Hall–Kier alpha value is -2.95. The van der Waals surface area contributed by atoms with E-state index in [0.717, 1.165) is 76.2 Å². The van der Waals surface area contributed by atoms with E-state index in [1.54, 1.807) is 19.1 Å². The highest BCUT2D eigenvalue weighted by Crippen LogP contribution is 2.23. The first kappa shape index (κ1) is 34.3. The molecule has 0 aliphatic carbocycles. The number of carbonyl (C=O) groups is 4. The molecule has 0 bridgehead atoms. The standard InChI is InChI=1S/C30H46N4O6S/c1-23-20-24(16-17-25(23)34(39)40)22-32-28(36)15-11-9-12-18-31-27(35)14-10-7-5-3-4-6-8-13-19-33-29(37)21-26(41-2)30(33)38/h16-17,20,26H,3-15,18-19,21-22H2,1-2H3,(H,31,35)(H,32,36). The Kier molecular flexibility index (Phi) is 16.1. The summed E-state index contributed by atoms with van der Waals surface area (Å²) in [5.74, 6) is -0.0330. The normalized spacial score (nSPS) is 14.9. The van der Waals surface area contributed by atoms with Crippen molar-refractivity contribution in [2.75, 3.05) is 19.3 Å². The molecule has 2 rings (SSSR count). The van der Waals surface area contributed by atoms with Crippen LogP contribution in [0.2, 0.25) is 0 Å². The fourth-order valence-corrected chi connectivity index (χ4v) is 5.55. The summed E-state index contributed by atoms with van der Waals surface area (Å²) in [4.78, 5) is 60.0. The Morgan fingerprint density at radius 1 is 0.927 bits per heavy atom. The third-order valence-corrected chi connectivity index (χ3v) is 8.31. The third-order valence-electron chi connectivity index (χ3n) is 7.37. The van der Waals surface area contributed by atoms with Gasteiger partial charge < -0.3 is 10.6 Å². The molecule has 0 aromatic heterocycles. The summed E-state index contributed by atoms with van der Waals surface area (Å²) in [5, 5.41) is 16.5. The molecule has 41 heavy (non-hydrogen) atoms. The molecule has 4 amide bonds. The van der Waals surface area contributed by atoms with Gasteiger partial charge in [0.15, 0.2) is 0 Å². The smallest absolute Gasteiger partial charge is 0.272 e. The molecule has 1 saturated heterocycles. The van der Waals surface area contributed by atoms with Crippen molar-refractivity contribution in [3.05, 3.63) is 39.4 Å². The molecule has 2 N–H and O–H groups in total. The molecule has 1 aromatic rings. The zero-order valence-electron chi connectivity index (χ0n) is 24.6. The number of rotatable bonds is 21. The topological polar surface area (TPSA) is 139 Å². The number of likely N-dealkylation sites (tertiary alicyclic amines) is 1. The third kappa shape index (κ3) is 13.1. The van der Waals surface area contributed by atoms with Gasteiger partial charge in [-0.3, -0.25) is 34.2 Å². The lowest BCUT2D eigenvalue weighted by Gasteiger charge is -2.14. The predicted molar refractivity (Wildman–Crippen MR) is 161 cm³/mol. The van der Waals surface area contributed by atoms with Crippen molar-refractivity contribution in [1.29, 1.82) is 0 Å². The number of benzene rings is 1. The number of nitrogens with one attached hydrogen (secondary N) is 2. The molecular weight excluding hydrogens is 544 g/mol. The second-order valence-electron chi connectivity index (χ2n) is 10.7. The van der Waals surface area contributed by atoms with E-state index in [9.17, 15) is 29.3 Å². The van der Waals surface area contributed by atoms with Crippen LogP contribution in [0.1, 0.15) is 101 Å². The van der Waals surface area contributed by atoms with Crippen LogP contribution in [-0.4, -0.2) is 58.0 Å². The van der Waals surface area contributed by atoms with E-state index in [1.165, 1.54) is 22.7 Å². The van der Waals surface area contributed by atoms with Crippen LogP contribution in [0.3, 0.4) is 0 Å². The van der Waals surface area contributed by atoms with Gasteiger partial charge in [-0.15, -0.1) is 0 Å². The molecule has 1 heterocycles. The van der Waals surface area contributed by atoms with Crippen molar-refractivity contribution in [3.63, 3.8) is 0 Å². The highest BCUT2D eigenvalue weighted by Gasteiger charge is 2.37. The Morgan fingerprint density at radius 2 is 1.51 bits per heavy atom. The molecule has 0 saturated carbocycles. The van der Waals surface area contributed by atoms with Crippen LogP contribution in [0.4, 0.5) is 5.69 Å². The van der Waals surface area contributed by atoms with Gasteiger partial charge in [0.05, 0.1) is 10.2 Å². The summed E-state index contributed by atoms with van der Waals surface area (Å²) in [7, 11) is 0.